The van der Waals surface area contributed by atoms with E-state index in [1.165, 1.54) is 11.3 Å². The maximum absolute atomic E-state index is 14.0. The highest BCUT2D eigenvalue weighted by Gasteiger charge is 2.34. The Labute approximate surface area is 233 Å². The molecule has 1 N–H and O–H groups in total. The van der Waals surface area contributed by atoms with Crippen LogP contribution in [-0.2, 0) is 4.79 Å². The number of amides is 1. The van der Waals surface area contributed by atoms with Crippen LogP contribution in [0.25, 0.3) is 6.08 Å². The van der Waals surface area contributed by atoms with Crippen LogP contribution in [0.1, 0.15) is 24.1 Å². The Morgan fingerprint density at radius 3 is 2.62 bits per heavy atom. The van der Waals surface area contributed by atoms with Gasteiger partial charge in [0.1, 0.15) is 17.5 Å². The number of anilines is 1. The highest BCUT2D eigenvalue weighted by molar-refractivity contribution is 7.07. The molecule has 2 aliphatic heterocycles. The minimum Gasteiger partial charge on any atom is -0.497 e. The number of methoxy groups -OCH3 is 2. The number of aromatic nitrogens is 1. The SMILES string of the molecule is COc1ccc([C@H]2C(C(=O)Nc3ccccc3)=C(C)N=c3s/c(=C\c4ccc5c(c4)OCO5)c(=O)n32)c(OC)c1. The fourth-order valence-electron chi connectivity index (χ4n) is 4.82. The molecule has 0 fully saturated rings. The zero-order valence-corrected chi connectivity index (χ0v) is 22.8. The van der Waals surface area contributed by atoms with Crippen molar-refractivity contribution < 1.29 is 23.7 Å². The third-order valence-electron chi connectivity index (χ3n) is 6.73. The second-order valence-electron chi connectivity index (χ2n) is 9.12. The number of para-hydroxylation sites is 1. The lowest BCUT2D eigenvalue weighted by Gasteiger charge is -2.26. The summed E-state index contributed by atoms with van der Waals surface area (Å²) < 4.78 is 24.0. The first-order valence-corrected chi connectivity index (χ1v) is 13.3. The maximum Gasteiger partial charge on any atom is 0.271 e. The molecule has 1 amide bonds. The van der Waals surface area contributed by atoms with Crippen molar-refractivity contribution in [3.63, 3.8) is 0 Å². The van der Waals surface area contributed by atoms with E-state index < -0.39 is 6.04 Å². The van der Waals surface area contributed by atoms with E-state index in [0.717, 1.165) is 5.56 Å². The minimum atomic E-state index is -0.792. The Kier molecular flexibility index (Phi) is 6.61. The molecule has 1 aromatic heterocycles. The van der Waals surface area contributed by atoms with E-state index in [0.29, 0.717) is 54.9 Å². The zero-order valence-electron chi connectivity index (χ0n) is 22.0. The van der Waals surface area contributed by atoms with E-state index in [2.05, 4.69) is 5.32 Å². The number of ether oxygens (including phenoxy) is 4. The molecule has 10 heteroatoms. The van der Waals surface area contributed by atoms with Gasteiger partial charge >= 0.3 is 0 Å². The van der Waals surface area contributed by atoms with E-state index in [1.54, 1.807) is 56.1 Å². The summed E-state index contributed by atoms with van der Waals surface area (Å²) in [5.41, 5.74) is 2.62. The van der Waals surface area contributed by atoms with Crippen molar-refractivity contribution in [1.82, 2.24) is 4.57 Å². The number of rotatable bonds is 6. The van der Waals surface area contributed by atoms with Crippen molar-refractivity contribution in [2.45, 2.75) is 13.0 Å². The average Bonchev–Trinajstić information content (AvgIpc) is 3.56. The number of carbonyl (C=O) groups is 1. The molecule has 4 aromatic rings. The van der Waals surface area contributed by atoms with Crippen LogP contribution in [-0.4, -0.2) is 31.5 Å². The molecule has 0 radical (unpaired) electrons. The largest absolute Gasteiger partial charge is 0.497 e. The monoisotopic (exact) mass is 555 g/mol. The molecule has 9 nitrogen and oxygen atoms in total. The van der Waals surface area contributed by atoms with Crippen LogP contribution in [0.4, 0.5) is 5.69 Å². The minimum absolute atomic E-state index is 0.164. The Morgan fingerprint density at radius 2 is 1.85 bits per heavy atom. The van der Waals surface area contributed by atoms with Crippen molar-refractivity contribution in [3.05, 3.63) is 109 Å². The Balaban J connectivity index is 1.53. The molecule has 1 atom stereocenters. The molecule has 6 rings (SSSR count). The fourth-order valence-corrected chi connectivity index (χ4v) is 5.87. The van der Waals surface area contributed by atoms with Crippen molar-refractivity contribution in [3.8, 4) is 23.0 Å². The molecule has 3 aromatic carbocycles. The molecular formula is C30H25N3O6S. The lowest BCUT2D eigenvalue weighted by atomic mass is 9.94. The Morgan fingerprint density at radius 1 is 1.05 bits per heavy atom. The standard InChI is InChI=1S/C30H25N3O6S/c1-17-26(28(34)32-19-7-5-4-6-8-19)27(21-11-10-20(36-2)15-23(21)37-3)33-29(35)25(40-30(33)31-17)14-18-9-12-22-24(13-18)39-16-38-22/h4-15,27H,16H2,1-3H3,(H,32,34)/b25-14-/t27-/m0/s1. The van der Waals surface area contributed by atoms with Gasteiger partial charge in [-0.3, -0.25) is 14.2 Å². The predicted molar refractivity (Wildman–Crippen MR) is 151 cm³/mol. The van der Waals surface area contributed by atoms with Crippen LogP contribution in [0.15, 0.2) is 87.8 Å². The first kappa shape index (κ1) is 25.4. The summed E-state index contributed by atoms with van der Waals surface area (Å²) in [5, 5.41) is 2.95. The number of benzene rings is 3. The van der Waals surface area contributed by atoms with Crippen LogP contribution in [0, 0.1) is 0 Å². The number of nitrogens with one attached hydrogen (secondary N) is 1. The maximum atomic E-state index is 14.0. The van der Waals surface area contributed by atoms with Gasteiger partial charge in [0.15, 0.2) is 16.3 Å². The quantitative estimate of drug-likeness (QED) is 0.390. The summed E-state index contributed by atoms with van der Waals surface area (Å²) in [5.74, 6) is 1.99. The fraction of sp³-hybridized carbons (Fsp3) is 0.167. The van der Waals surface area contributed by atoms with Crippen LogP contribution in [0.5, 0.6) is 23.0 Å². The van der Waals surface area contributed by atoms with E-state index in [-0.39, 0.29) is 18.3 Å². The number of allylic oxidation sites excluding steroid dienone is 1. The first-order valence-electron chi connectivity index (χ1n) is 12.5. The molecule has 0 unspecified atom stereocenters. The Hall–Kier alpha value is -4.83. The van der Waals surface area contributed by atoms with Crippen LogP contribution in [0.2, 0.25) is 0 Å². The van der Waals surface area contributed by atoms with Gasteiger partial charge in [-0.05, 0) is 55.0 Å². The predicted octanol–water partition coefficient (Wildman–Crippen LogP) is 3.62. The van der Waals surface area contributed by atoms with E-state index >= 15 is 0 Å². The van der Waals surface area contributed by atoms with Crippen molar-refractivity contribution in [2.75, 3.05) is 26.3 Å². The van der Waals surface area contributed by atoms with Gasteiger partial charge in [0.05, 0.1) is 30.0 Å². The molecular weight excluding hydrogens is 530 g/mol. The average molecular weight is 556 g/mol. The van der Waals surface area contributed by atoms with E-state index in [1.807, 2.05) is 42.5 Å². The van der Waals surface area contributed by atoms with Crippen molar-refractivity contribution in [2.24, 2.45) is 4.99 Å². The number of thiazole rings is 1. The van der Waals surface area contributed by atoms with Gasteiger partial charge in [0, 0.05) is 17.3 Å². The smallest absolute Gasteiger partial charge is 0.271 e. The third kappa shape index (κ3) is 4.52. The summed E-state index contributed by atoms with van der Waals surface area (Å²) in [4.78, 5) is 33.0. The van der Waals surface area contributed by atoms with E-state index in [9.17, 15) is 9.59 Å². The van der Waals surface area contributed by atoms with Crippen molar-refractivity contribution in [1.29, 1.82) is 0 Å². The zero-order chi connectivity index (χ0) is 27.8. The van der Waals surface area contributed by atoms with Crippen LogP contribution in [0.3, 0.4) is 0 Å². The summed E-state index contributed by atoms with van der Waals surface area (Å²) >= 11 is 1.26. The molecule has 0 aliphatic carbocycles. The van der Waals surface area contributed by atoms with Crippen molar-refractivity contribution >= 4 is 29.0 Å². The molecule has 0 spiro atoms. The number of nitrogens with zero attached hydrogens (tertiary/aromatic N) is 2. The summed E-state index contributed by atoms with van der Waals surface area (Å²) in [6.07, 6.45) is 1.79. The van der Waals surface area contributed by atoms with Gasteiger partial charge in [-0.2, -0.15) is 0 Å². The summed E-state index contributed by atoms with van der Waals surface area (Å²) in [6.45, 7) is 1.94. The number of fused-ring (bicyclic) bond motifs is 2. The Bertz CT molecular complexity index is 1840. The third-order valence-corrected chi connectivity index (χ3v) is 7.71. The number of carbonyl (C=O) groups excluding carboxylic acids is 1. The molecule has 0 bridgehead atoms. The number of hydrogen-bond acceptors (Lipinski definition) is 8. The number of hydrogen-bond donors (Lipinski definition) is 1. The molecule has 3 heterocycles. The normalized spacial score (nSPS) is 15.9. The lowest BCUT2D eigenvalue weighted by Crippen LogP contribution is -2.40. The molecule has 0 saturated heterocycles. The summed E-state index contributed by atoms with van der Waals surface area (Å²) in [6, 6.07) is 19.2. The van der Waals surface area contributed by atoms with Crippen LogP contribution < -0.4 is 39.2 Å². The van der Waals surface area contributed by atoms with Gasteiger partial charge in [-0.1, -0.05) is 35.6 Å². The van der Waals surface area contributed by atoms with Gasteiger partial charge in [0.2, 0.25) is 6.79 Å². The van der Waals surface area contributed by atoms with Gasteiger partial charge < -0.3 is 24.3 Å². The second-order valence-corrected chi connectivity index (χ2v) is 10.1. The van der Waals surface area contributed by atoms with Gasteiger partial charge in [-0.25, -0.2) is 4.99 Å². The molecule has 2 aliphatic rings. The lowest BCUT2D eigenvalue weighted by molar-refractivity contribution is -0.113. The molecule has 40 heavy (non-hydrogen) atoms. The summed E-state index contributed by atoms with van der Waals surface area (Å²) in [7, 11) is 3.11. The van der Waals surface area contributed by atoms with E-state index in [4.69, 9.17) is 23.9 Å². The van der Waals surface area contributed by atoms with Gasteiger partial charge in [-0.15, -0.1) is 0 Å². The topological polar surface area (TPSA) is 100 Å². The highest BCUT2D eigenvalue weighted by Crippen LogP contribution is 2.38. The highest BCUT2D eigenvalue weighted by atomic mass is 32.1. The molecule has 202 valence electrons. The second kappa shape index (κ2) is 10.4. The first-order chi connectivity index (χ1) is 19.5. The van der Waals surface area contributed by atoms with Crippen LogP contribution >= 0.6 is 11.3 Å². The van der Waals surface area contributed by atoms with Gasteiger partial charge in [0.25, 0.3) is 11.5 Å². The molecule has 0 saturated carbocycles.